The molecule has 0 radical (unpaired) electrons. The van der Waals surface area contributed by atoms with Crippen LogP contribution in [0.5, 0.6) is 0 Å². The van der Waals surface area contributed by atoms with E-state index in [0.717, 1.165) is 0 Å². The molecule has 3 rings (SSSR count). The molecule has 2 aliphatic rings. The molecule has 88 valence electrons. The average molecular weight is 235 g/mol. The Labute approximate surface area is 102 Å². The largest absolute Gasteiger partial charge is 0.324 e. The van der Waals surface area contributed by atoms with Crippen LogP contribution in [0.3, 0.4) is 0 Å². The highest BCUT2D eigenvalue weighted by molar-refractivity contribution is 7.12. The summed E-state index contributed by atoms with van der Waals surface area (Å²) in [5, 5.41) is 0. The standard InChI is InChI=1S/C14H21NS/c1-13(2,14(15)7-8-14)12-9-10-5-3-4-6-11(10)16-12/h9H,3-8,15H2,1-2H3. The van der Waals surface area contributed by atoms with E-state index < -0.39 is 0 Å². The number of nitrogens with two attached hydrogens (primary N) is 1. The van der Waals surface area contributed by atoms with Gasteiger partial charge >= 0.3 is 0 Å². The van der Waals surface area contributed by atoms with Gasteiger partial charge in [0, 0.05) is 20.7 Å². The third-order valence-corrected chi connectivity index (χ3v) is 6.21. The molecule has 0 saturated heterocycles. The maximum Gasteiger partial charge on any atom is 0.0256 e. The topological polar surface area (TPSA) is 26.0 Å². The lowest BCUT2D eigenvalue weighted by Crippen LogP contribution is -2.42. The highest BCUT2D eigenvalue weighted by Crippen LogP contribution is 2.51. The van der Waals surface area contributed by atoms with Crippen molar-refractivity contribution in [2.75, 3.05) is 0 Å². The molecule has 0 atom stereocenters. The summed E-state index contributed by atoms with van der Waals surface area (Å²) in [6.07, 6.45) is 7.73. The molecule has 2 heteroatoms. The number of rotatable bonds is 2. The van der Waals surface area contributed by atoms with Gasteiger partial charge in [0.15, 0.2) is 0 Å². The van der Waals surface area contributed by atoms with Crippen molar-refractivity contribution in [1.82, 2.24) is 0 Å². The van der Waals surface area contributed by atoms with Gasteiger partial charge < -0.3 is 5.73 Å². The Kier molecular flexibility index (Phi) is 2.25. The highest BCUT2D eigenvalue weighted by Gasteiger charge is 2.52. The van der Waals surface area contributed by atoms with Gasteiger partial charge in [-0.15, -0.1) is 11.3 Å². The van der Waals surface area contributed by atoms with Gasteiger partial charge in [0.05, 0.1) is 0 Å². The fraction of sp³-hybridized carbons (Fsp3) is 0.714. The third-order valence-electron chi connectivity index (χ3n) is 4.65. The zero-order valence-corrected chi connectivity index (χ0v) is 11.1. The van der Waals surface area contributed by atoms with Crippen LogP contribution in [0.15, 0.2) is 6.07 Å². The fourth-order valence-electron chi connectivity index (χ4n) is 2.80. The van der Waals surface area contributed by atoms with Crippen LogP contribution in [-0.4, -0.2) is 5.54 Å². The van der Waals surface area contributed by atoms with E-state index in [-0.39, 0.29) is 11.0 Å². The molecule has 1 nitrogen and oxygen atoms in total. The quantitative estimate of drug-likeness (QED) is 0.835. The number of fused-ring (bicyclic) bond motifs is 1. The van der Waals surface area contributed by atoms with Gasteiger partial charge in [-0.3, -0.25) is 0 Å². The Morgan fingerprint density at radius 1 is 1.25 bits per heavy atom. The van der Waals surface area contributed by atoms with Gasteiger partial charge in [0.25, 0.3) is 0 Å². The lowest BCUT2D eigenvalue weighted by atomic mass is 9.80. The summed E-state index contributed by atoms with van der Waals surface area (Å²) in [5.41, 5.74) is 8.29. The first kappa shape index (κ1) is 10.8. The molecule has 1 fully saturated rings. The van der Waals surface area contributed by atoms with Crippen LogP contribution < -0.4 is 5.73 Å². The van der Waals surface area contributed by atoms with Crippen LogP contribution in [0.2, 0.25) is 0 Å². The van der Waals surface area contributed by atoms with E-state index in [1.54, 1.807) is 10.4 Å². The van der Waals surface area contributed by atoms with Crippen molar-refractivity contribution in [3.63, 3.8) is 0 Å². The van der Waals surface area contributed by atoms with E-state index in [2.05, 4.69) is 19.9 Å². The monoisotopic (exact) mass is 235 g/mol. The normalized spacial score (nSPS) is 22.9. The van der Waals surface area contributed by atoms with Crippen LogP contribution in [0.25, 0.3) is 0 Å². The molecule has 0 spiro atoms. The van der Waals surface area contributed by atoms with E-state index in [0.29, 0.717) is 0 Å². The summed E-state index contributed by atoms with van der Waals surface area (Å²) < 4.78 is 0. The Balaban J connectivity index is 1.97. The second-order valence-electron chi connectivity index (χ2n) is 6.05. The first-order valence-corrected chi connectivity index (χ1v) is 7.25. The Hall–Kier alpha value is -0.340. The number of hydrogen-bond donors (Lipinski definition) is 1. The molecule has 2 N–H and O–H groups in total. The van der Waals surface area contributed by atoms with E-state index >= 15 is 0 Å². The van der Waals surface area contributed by atoms with Crippen molar-refractivity contribution < 1.29 is 0 Å². The molecule has 0 unspecified atom stereocenters. The number of aryl methyl sites for hydroxylation is 2. The summed E-state index contributed by atoms with van der Waals surface area (Å²) in [6.45, 7) is 4.66. The minimum absolute atomic E-state index is 0.0838. The van der Waals surface area contributed by atoms with Crippen molar-refractivity contribution in [3.8, 4) is 0 Å². The predicted molar refractivity (Wildman–Crippen MR) is 70.1 cm³/mol. The van der Waals surface area contributed by atoms with Gasteiger partial charge in [-0.1, -0.05) is 13.8 Å². The molecule has 0 bridgehead atoms. The third kappa shape index (κ3) is 1.46. The van der Waals surface area contributed by atoms with Crippen LogP contribution in [0.1, 0.15) is 54.8 Å². The molecule has 2 aliphatic carbocycles. The van der Waals surface area contributed by atoms with Gasteiger partial charge in [0.1, 0.15) is 0 Å². The second-order valence-corrected chi connectivity index (χ2v) is 7.18. The van der Waals surface area contributed by atoms with Gasteiger partial charge in [-0.05, 0) is 50.2 Å². The maximum absolute atomic E-state index is 6.42. The fourth-order valence-corrected chi connectivity index (χ4v) is 4.27. The van der Waals surface area contributed by atoms with Gasteiger partial charge in [0.2, 0.25) is 0 Å². The van der Waals surface area contributed by atoms with Crippen LogP contribution in [0.4, 0.5) is 0 Å². The molecular formula is C14H21NS. The first-order valence-electron chi connectivity index (χ1n) is 6.44. The van der Waals surface area contributed by atoms with Crippen molar-refractivity contribution in [2.45, 2.75) is 63.3 Å². The number of hydrogen-bond acceptors (Lipinski definition) is 2. The Bertz CT molecular complexity index is 389. The van der Waals surface area contributed by atoms with Gasteiger partial charge in [-0.25, -0.2) is 0 Å². The maximum atomic E-state index is 6.42. The van der Waals surface area contributed by atoms with Crippen LogP contribution in [-0.2, 0) is 18.3 Å². The summed E-state index contributed by atoms with van der Waals surface area (Å²) in [5.74, 6) is 0. The Morgan fingerprint density at radius 3 is 2.56 bits per heavy atom. The molecule has 0 aliphatic heterocycles. The molecule has 16 heavy (non-hydrogen) atoms. The zero-order valence-electron chi connectivity index (χ0n) is 10.3. The summed E-state index contributed by atoms with van der Waals surface area (Å²) in [6, 6.07) is 2.45. The molecule has 1 heterocycles. The van der Waals surface area contributed by atoms with Crippen molar-refractivity contribution in [3.05, 3.63) is 21.4 Å². The summed E-state index contributed by atoms with van der Waals surface area (Å²) >= 11 is 2.03. The minimum atomic E-state index is 0.0838. The van der Waals surface area contributed by atoms with Crippen molar-refractivity contribution in [2.24, 2.45) is 5.73 Å². The first-order chi connectivity index (χ1) is 7.53. The average Bonchev–Trinajstić information content (AvgIpc) is 2.87. The highest BCUT2D eigenvalue weighted by atomic mass is 32.1. The lowest BCUT2D eigenvalue weighted by molar-refractivity contribution is 0.398. The van der Waals surface area contributed by atoms with E-state index in [1.807, 2.05) is 11.3 Å². The lowest BCUT2D eigenvalue weighted by Gasteiger charge is -2.30. The van der Waals surface area contributed by atoms with Crippen molar-refractivity contribution >= 4 is 11.3 Å². The molecule has 1 saturated carbocycles. The van der Waals surface area contributed by atoms with E-state index in [4.69, 9.17) is 5.73 Å². The molecular weight excluding hydrogens is 214 g/mol. The van der Waals surface area contributed by atoms with E-state index in [9.17, 15) is 0 Å². The van der Waals surface area contributed by atoms with Crippen LogP contribution in [0, 0.1) is 0 Å². The summed E-state index contributed by atoms with van der Waals surface area (Å²) in [4.78, 5) is 3.16. The van der Waals surface area contributed by atoms with Crippen molar-refractivity contribution in [1.29, 1.82) is 0 Å². The number of thiophene rings is 1. The second kappa shape index (κ2) is 3.33. The Morgan fingerprint density at radius 2 is 1.94 bits per heavy atom. The molecule has 0 amide bonds. The van der Waals surface area contributed by atoms with E-state index in [1.165, 1.54) is 43.4 Å². The predicted octanol–water partition coefficient (Wildman–Crippen LogP) is 3.40. The van der Waals surface area contributed by atoms with Gasteiger partial charge in [-0.2, -0.15) is 0 Å². The molecule has 0 aromatic carbocycles. The van der Waals surface area contributed by atoms with Crippen LogP contribution >= 0.6 is 11.3 Å². The summed E-state index contributed by atoms with van der Waals surface area (Å²) in [7, 11) is 0. The molecule has 1 aromatic heterocycles. The zero-order chi connectivity index (χ0) is 11.4. The SMILES string of the molecule is CC(C)(c1cc2c(s1)CCCC2)C1(N)CC1. The minimum Gasteiger partial charge on any atom is -0.324 e. The smallest absolute Gasteiger partial charge is 0.0256 e. The molecule has 1 aromatic rings.